The summed E-state index contributed by atoms with van der Waals surface area (Å²) in [4.78, 5) is 10.2. The van der Waals surface area contributed by atoms with E-state index >= 15 is 0 Å². The van der Waals surface area contributed by atoms with Gasteiger partial charge in [-0.05, 0) is 6.42 Å². The first-order valence-electron chi connectivity index (χ1n) is 6.66. The van der Waals surface area contributed by atoms with E-state index in [1.165, 1.54) is 44.9 Å². The van der Waals surface area contributed by atoms with Gasteiger partial charge in [-0.25, -0.2) is 0 Å². The minimum atomic E-state index is -5.17. The van der Waals surface area contributed by atoms with E-state index in [1.807, 2.05) is 0 Å². The van der Waals surface area contributed by atoms with Crippen LogP contribution in [0.3, 0.4) is 0 Å². The summed E-state index contributed by atoms with van der Waals surface area (Å²) in [6.07, 6.45) is 11.5. The molecule has 0 bridgehead atoms. The van der Waals surface area contributed by atoms with E-state index in [0.29, 0.717) is 6.42 Å². The van der Waals surface area contributed by atoms with Gasteiger partial charge in [0.2, 0.25) is 0 Å². The van der Waals surface area contributed by atoms with Gasteiger partial charge in [-0.15, -0.1) is 0 Å². The van der Waals surface area contributed by atoms with Crippen LogP contribution in [0, 0.1) is 0 Å². The fourth-order valence-corrected chi connectivity index (χ4v) is 1.59. The molecule has 0 atom stereocenters. The van der Waals surface area contributed by atoms with Crippen molar-refractivity contribution in [2.45, 2.75) is 71.1 Å². The van der Waals surface area contributed by atoms with Crippen molar-refractivity contribution in [3.8, 4) is 0 Å². The SMILES string of the molecule is CCCCCCCCCCCC(=O)O.O=S(=O)([O-])[O-].[Na+].[Na+]. The molecular formula is C12H24Na2O6S. The quantitative estimate of drug-likeness (QED) is 0.192. The van der Waals surface area contributed by atoms with Crippen molar-refractivity contribution in [2.75, 3.05) is 0 Å². The Morgan fingerprint density at radius 2 is 1.14 bits per heavy atom. The Bertz CT molecular complexity index is 301. The molecule has 9 heteroatoms. The average molecular weight is 342 g/mol. The van der Waals surface area contributed by atoms with Gasteiger partial charge in [-0.1, -0.05) is 58.3 Å². The Morgan fingerprint density at radius 3 is 1.43 bits per heavy atom. The van der Waals surface area contributed by atoms with Gasteiger partial charge in [0.15, 0.2) is 0 Å². The van der Waals surface area contributed by atoms with Crippen LogP contribution in [0.15, 0.2) is 0 Å². The molecule has 6 nitrogen and oxygen atoms in total. The van der Waals surface area contributed by atoms with Crippen molar-refractivity contribution in [1.29, 1.82) is 0 Å². The summed E-state index contributed by atoms with van der Waals surface area (Å²) in [5, 5.41) is 8.41. The molecule has 0 unspecified atom stereocenters. The molecule has 0 fully saturated rings. The zero-order chi connectivity index (χ0) is 15.1. The van der Waals surface area contributed by atoms with Crippen molar-refractivity contribution >= 4 is 16.4 Å². The Balaban J connectivity index is -0.000000179. The van der Waals surface area contributed by atoms with Crippen LogP contribution < -0.4 is 59.1 Å². The third kappa shape index (κ3) is 52.4. The Morgan fingerprint density at radius 1 is 0.857 bits per heavy atom. The molecule has 0 saturated heterocycles. The maximum atomic E-state index is 10.2. The normalized spacial score (nSPS) is 9.67. The molecule has 0 aliphatic rings. The van der Waals surface area contributed by atoms with E-state index < -0.39 is 16.4 Å². The summed E-state index contributed by atoms with van der Waals surface area (Å²) >= 11 is 0. The summed E-state index contributed by atoms with van der Waals surface area (Å²) in [7, 11) is -5.17. The van der Waals surface area contributed by atoms with E-state index in [-0.39, 0.29) is 59.1 Å². The van der Waals surface area contributed by atoms with Crippen LogP contribution in [-0.2, 0) is 15.2 Å². The molecule has 21 heavy (non-hydrogen) atoms. The molecule has 0 aliphatic carbocycles. The predicted molar refractivity (Wildman–Crippen MR) is 70.0 cm³/mol. The third-order valence-corrected chi connectivity index (χ3v) is 2.49. The van der Waals surface area contributed by atoms with Crippen molar-refractivity contribution < 1.29 is 86.5 Å². The smallest absolute Gasteiger partial charge is 0.759 e. The van der Waals surface area contributed by atoms with Crippen LogP contribution >= 0.6 is 0 Å². The molecule has 1 N–H and O–H groups in total. The van der Waals surface area contributed by atoms with Gasteiger partial charge < -0.3 is 14.2 Å². The summed E-state index contributed by atoms with van der Waals surface area (Å²) in [6.45, 7) is 2.23. The Kier molecular flexibility index (Phi) is 30.7. The maximum Gasteiger partial charge on any atom is 1.00 e. The summed E-state index contributed by atoms with van der Waals surface area (Å²) in [5.74, 6) is -0.659. The molecular weight excluding hydrogens is 318 g/mol. The van der Waals surface area contributed by atoms with Crippen LogP contribution in [0.5, 0.6) is 0 Å². The summed E-state index contributed by atoms with van der Waals surface area (Å²) in [5.41, 5.74) is 0. The van der Waals surface area contributed by atoms with Gasteiger partial charge in [0.1, 0.15) is 0 Å². The standard InChI is InChI=1S/C12H24O2.2Na.H2O4S/c1-2-3-4-5-6-7-8-9-10-11-12(13)14;;;1-5(2,3)4/h2-11H2,1H3,(H,13,14);;;(H2,1,2,3,4)/q;2*+1;/p-2. The number of hydrogen-bond donors (Lipinski definition) is 1. The minimum absolute atomic E-state index is 0. The van der Waals surface area contributed by atoms with Crippen molar-refractivity contribution in [3.05, 3.63) is 0 Å². The molecule has 0 spiro atoms. The van der Waals surface area contributed by atoms with Gasteiger partial charge in [0, 0.05) is 16.8 Å². The Hall–Kier alpha value is 1.34. The zero-order valence-corrected chi connectivity index (χ0v) is 18.3. The molecule has 0 rings (SSSR count). The molecule has 0 radical (unpaired) electrons. The Labute approximate surface area is 172 Å². The monoisotopic (exact) mass is 342 g/mol. The number of carboxylic acids is 1. The van der Waals surface area contributed by atoms with Crippen LogP contribution in [0.25, 0.3) is 0 Å². The van der Waals surface area contributed by atoms with Crippen LogP contribution in [0.2, 0.25) is 0 Å². The van der Waals surface area contributed by atoms with Gasteiger partial charge >= 0.3 is 65.1 Å². The molecule has 0 aromatic heterocycles. The second kappa shape index (κ2) is 21.3. The molecule has 116 valence electrons. The summed E-state index contributed by atoms with van der Waals surface area (Å²) < 4.78 is 34.1. The van der Waals surface area contributed by atoms with E-state index in [9.17, 15) is 4.79 Å². The number of unbranched alkanes of at least 4 members (excludes halogenated alkanes) is 8. The molecule has 0 aromatic carbocycles. The molecule has 0 amide bonds. The van der Waals surface area contributed by atoms with Gasteiger partial charge in [-0.2, -0.15) is 0 Å². The van der Waals surface area contributed by atoms with Crippen LogP contribution in [0.1, 0.15) is 71.1 Å². The predicted octanol–water partition coefficient (Wildman–Crippen LogP) is -3.34. The molecule has 0 aliphatic heterocycles. The molecule has 0 heterocycles. The number of rotatable bonds is 10. The second-order valence-corrected chi connectivity index (χ2v) is 5.20. The largest absolute Gasteiger partial charge is 1.00 e. The fourth-order valence-electron chi connectivity index (χ4n) is 1.59. The average Bonchev–Trinajstić information content (AvgIpc) is 2.24. The van der Waals surface area contributed by atoms with Crippen molar-refractivity contribution in [3.63, 3.8) is 0 Å². The van der Waals surface area contributed by atoms with Gasteiger partial charge in [-0.3, -0.25) is 13.2 Å². The molecule has 0 saturated carbocycles. The van der Waals surface area contributed by atoms with Crippen LogP contribution in [0.4, 0.5) is 0 Å². The van der Waals surface area contributed by atoms with Gasteiger partial charge in [0.25, 0.3) is 0 Å². The first-order chi connectivity index (χ1) is 8.77. The third-order valence-electron chi connectivity index (χ3n) is 2.49. The van der Waals surface area contributed by atoms with Crippen LogP contribution in [-0.4, -0.2) is 28.6 Å². The number of hydrogen-bond acceptors (Lipinski definition) is 5. The summed E-state index contributed by atoms with van der Waals surface area (Å²) in [6, 6.07) is 0. The van der Waals surface area contributed by atoms with E-state index in [2.05, 4.69) is 6.92 Å². The number of aliphatic carboxylic acids is 1. The number of carbonyl (C=O) groups is 1. The van der Waals surface area contributed by atoms with E-state index in [0.717, 1.165) is 12.8 Å². The van der Waals surface area contributed by atoms with Gasteiger partial charge in [0.05, 0.1) is 0 Å². The zero-order valence-electron chi connectivity index (χ0n) is 13.5. The second-order valence-electron chi connectivity index (χ2n) is 4.38. The topological polar surface area (TPSA) is 118 Å². The fraction of sp³-hybridized carbons (Fsp3) is 0.917. The minimum Gasteiger partial charge on any atom is -0.759 e. The number of carboxylic acid groups (broad SMARTS) is 1. The van der Waals surface area contributed by atoms with E-state index in [1.54, 1.807) is 0 Å². The molecule has 0 aromatic rings. The maximum absolute atomic E-state index is 10.2. The first kappa shape index (κ1) is 30.2. The van der Waals surface area contributed by atoms with Crippen molar-refractivity contribution in [1.82, 2.24) is 0 Å². The van der Waals surface area contributed by atoms with E-state index in [4.69, 9.17) is 22.6 Å². The first-order valence-corrected chi connectivity index (χ1v) is 7.99. The van der Waals surface area contributed by atoms with Crippen molar-refractivity contribution in [2.24, 2.45) is 0 Å².